The van der Waals surface area contributed by atoms with Crippen LogP contribution >= 0.6 is 0 Å². The minimum absolute atomic E-state index is 0.0363. The van der Waals surface area contributed by atoms with E-state index in [0.29, 0.717) is 12.8 Å². The maximum atomic E-state index is 12.4. The Morgan fingerprint density at radius 1 is 1.25 bits per heavy atom. The summed E-state index contributed by atoms with van der Waals surface area (Å²) < 4.78 is 11.1. The molecule has 0 aromatic heterocycles. The van der Waals surface area contributed by atoms with Crippen molar-refractivity contribution >= 4 is 12.1 Å². The Balaban J connectivity index is 2.25. The molecule has 1 aliphatic heterocycles. The molecule has 1 heterocycles. The van der Waals surface area contributed by atoms with Crippen LogP contribution in [-0.2, 0) is 14.3 Å². The van der Waals surface area contributed by atoms with Crippen molar-refractivity contribution in [3.05, 3.63) is 0 Å². The second-order valence-electron chi connectivity index (χ2n) is 6.52. The predicted molar refractivity (Wildman–Crippen MR) is 71.3 cm³/mol. The third kappa shape index (κ3) is 2.90. The van der Waals surface area contributed by atoms with E-state index < -0.39 is 29.4 Å². The van der Waals surface area contributed by atoms with E-state index in [-0.39, 0.29) is 6.61 Å². The normalized spacial score (nSPS) is 25.8. The maximum absolute atomic E-state index is 12.4. The van der Waals surface area contributed by atoms with Crippen LogP contribution in [-0.4, -0.2) is 46.0 Å². The van der Waals surface area contributed by atoms with Crippen LogP contribution in [0.15, 0.2) is 0 Å². The standard InChI is InChI=1S/C14H23NO5/c1-13(2,3)20-12(18)15-10(11(16)17)9-19-14(15)7-5-4-6-8-14/h10H,4-9H2,1-3H3,(H,16,17)/t10-/m0/s1. The number of amides is 1. The highest BCUT2D eigenvalue weighted by atomic mass is 16.6. The molecule has 1 N–H and O–H groups in total. The zero-order valence-corrected chi connectivity index (χ0v) is 12.3. The van der Waals surface area contributed by atoms with Gasteiger partial charge in [-0.15, -0.1) is 0 Å². The van der Waals surface area contributed by atoms with Gasteiger partial charge in [-0.25, -0.2) is 9.59 Å². The van der Waals surface area contributed by atoms with Crippen molar-refractivity contribution in [1.29, 1.82) is 0 Å². The average molecular weight is 285 g/mol. The molecule has 2 fully saturated rings. The number of aliphatic carboxylic acids is 1. The number of hydrogen-bond donors (Lipinski definition) is 1. The van der Waals surface area contributed by atoms with Crippen molar-refractivity contribution < 1.29 is 24.2 Å². The molecule has 6 heteroatoms. The fraction of sp³-hybridized carbons (Fsp3) is 0.857. The Hall–Kier alpha value is -1.30. The molecule has 1 amide bonds. The lowest BCUT2D eigenvalue weighted by Gasteiger charge is -2.41. The summed E-state index contributed by atoms with van der Waals surface area (Å²) in [7, 11) is 0. The van der Waals surface area contributed by atoms with E-state index in [4.69, 9.17) is 9.47 Å². The predicted octanol–water partition coefficient (Wildman–Crippen LogP) is 2.37. The zero-order valence-electron chi connectivity index (χ0n) is 12.3. The van der Waals surface area contributed by atoms with Crippen LogP contribution in [0.5, 0.6) is 0 Å². The number of carbonyl (C=O) groups excluding carboxylic acids is 1. The van der Waals surface area contributed by atoms with Crippen molar-refractivity contribution in [2.75, 3.05) is 6.61 Å². The Bertz CT molecular complexity index is 395. The zero-order chi connectivity index (χ0) is 15.0. The van der Waals surface area contributed by atoms with Crippen molar-refractivity contribution in [2.45, 2.75) is 70.2 Å². The first-order valence-electron chi connectivity index (χ1n) is 7.14. The minimum atomic E-state index is -1.04. The molecule has 1 aliphatic carbocycles. The van der Waals surface area contributed by atoms with Gasteiger partial charge in [0.15, 0.2) is 6.04 Å². The summed E-state index contributed by atoms with van der Waals surface area (Å²) in [5.41, 5.74) is -1.44. The summed E-state index contributed by atoms with van der Waals surface area (Å²) in [5.74, 6) is -1.04. The van der Waals surface area contributed by atoms with Gasteiger partial charge in [-0.2, -0.15) is 0 Å². The first-order valence-corrected chi connectivity index (χ1v) is 7.14. The molecule has 20 heavy (non-hydrogen) atoms. The molecular weight excluding hydrogens is 262 g/mol. The van der Waals surface area contributed by atoms with Gasteiger partial charge in [-0.3, -0.25) is 4.90 Å². The molecule has 1 saturated heterocycles. The number of ether oxygens (including phenoxy) is 2. The molecule has 0 aromatic rings. The summed E-state index contributed by atoms with van der Waals surface area (Å²) in [6.07, 6.45) is 3.72. The van der Waals surface area contributed by atoms with Crippen molar-refractivity contribution in [3.8, 4) is 0 Å². The van der Waals surface area contributed by atoms with Crippen LogP contribution in [0, 0.1) is 0 Å². The number of nitrogens with zero attached hydrogens (tertiary/aromatic N) is 1. The molecule has 114 valence electrons. The summed E-state index contributed by atoms with van der Waals surface area (Å²) >= 11 is 0. The minimum Gasteiger partial charge on any atom is -0.480 e. The first kappa shape index (κ1) is 15.1. The van der Waals surface area contributed by atoms with E-state index in [1.54, 1.807) is 20.8 Å². The molecule has 1 saturated carbocycles. The molecule has 1 spiro atoms. The molecule has 2 aliphatic rings. The monoisotopic (exact) mass is 285 g/mol. The van der Waals surface area contributed by atoms with E-state index in [2.05, 4.69) is 0 Å². The number of carbonyl (C=O) groups is 2. The van der Waals surface area contributed by atoms with Crippen LogP contribution < -0.4 is 0 Å². The molecule has 2 rings (SSSR count). The summed E-state index contributed by atoms with van der Waals surface area (Å²) in [6, 6.07) is -0.956. The largest absolute Gasteiger partial charge is 0.480 e. The second-order valence-corrected chi connectivity index (χ2v) is 6.52. The molecular formula is C14H23NO5. The number of rotatable bonds is 1. The van der Waals surface area contributed by atoms with Gasteiger partial charge in [-0.05, 0) is 46.5 Å². The SMILES string of the molecule is CC(C)(C)OC(=O)N1[C@H](C(=O)O)COC12CCCCC2. The Labute approximate surface area is 119 Å². The molecule has 0 radical (unpaired) electrons. The average Bonchev–Trinajstić information content (AvgIpc) is 2.67. The lowest BCUT2D eigenvalue weighted by Crippen LogP contribution is -2.55. The number of carboxylic acid groups (broad SMARTS) is 1. The highest BCUT2D eigenvalue weighted by molar-refractivity contribution is 5.81. The van der Waals surface area contributed by atoms with Crippen LogP contribution in [0.4, 0.5) is 4.79 Å². The van der Waals surface area contributed by atoms with E-state index in [1.165, 1.54) is 4.90 Å². The van der Waals surface area contributed by atoms with Gasteiger partial charge in [0.25, 0.3) is 0 Å². The summed E-state index contributed by atoms with van der Waals surface area (Å²) in [6.45, 7) is 5.34. The molecule has 0 aromatic carbocycles. The van der Waals surface area contributed by atoms with Crippen LogP contribution in [0.1, 0.15) is 52.9 Å². The number of carboxylic acids is 1. The molecule has 0 unspecified atom stereocenters. The van der Waals surface area contributed by atoms with Gasteiger partial charge >= 0.3 is 12.1 Å². The summed E-state index contributed by atoms with van der Waals surface area (Å²) in [4.78, 5) is 25.1. The molecule has 0 bridgehead atoms. The smallest absolute Gasteiger partial charge is 0.413 e. The summed E-state index contributed by atoms with van der Waals surface area (Å²) in [5, 5.41) is 9.32. The van der Waals surface area contributed by atoms with Crippen LogP contribution in [0.2, 0.25) is 0 Å². The van der Waals surface area contributed by atoms with Gasteiger partial charge in [0, 0.05) is 0 Å². The van der Waals surface area contributed by atoms with Crippen LogP contribution in [0.25, 0.3) is 0 Å². The Morgan fingerprint density at radius 2 is 1.85 bits per heavy atom. The topological polar surface area (TPSA) is 76.1 Å². The van der Waals surface area contributed by atoms with Crippen molar-refractivity contribution in [2.24, 2.45) is 0 Å². The van der Waals surface area contributed by atoms with Crippen molar-refractivity contribution in [3.63, 3.8) is 0 Å². The Morgan fingerprint density at radius 3 is 2.35 bits per heavy atom. The van der Waals surface area contributed by atoms with Gasteiger partial charge in [0.1, 0.15) is 11.3 Å². The fourth-order valence-corrected chi connectivity index (χ4v) is 2.94. The third-order valence-corrected chi connectivity index (χ3v) is 3.77. The quantitative estimate of drug-likeness (QED) is 0.800. The van der Waals surface area contributed by atoms with Gasteiger partial charge in [-0.1, -0.05) is 6.42 Å². The van der Waals surface area contributed by atoms with E-state index in [9.17, 15) is 14.7 Å². The first-order chi connectivity index (χ1) is 9.25. The van der Waals surface area contributed by atoms with Gasteiger partial charge in [0.2, 0.25) is 0 Å². The highest BCUT2D eigenvalue weighted by Crippen LogP contribution is 2.41. The lowest BCUT2D eigenvalue weighted by molar-refractivity contribution is -0.145. The van der Waals surface area contributed by atoms with Crippen LogP contribution in [0.3, 0.4) is 0 Å². The lowest BCUT2D eigenvalue weighted by atomic mass is 9.90. The second kappa shape index (κ2) is 5.24. The van der Waals surface area contributed by atoms with E-state index in [1.807, 2.05) is 0 Å². The van der Waals surface area contributed by atoms with Gasteiger partial charge in [0.05, 0.1) is 6.61 Å². The van der Waals surface area contributed by atoms with E-state index in [0.717, 1.165) is 19.3 Å². The third-order valence-electron chi connectivity index (χ3n) is 3.77. The molecule has 6 nitrogen and oxygen atoms in total. The molecule has 1 atom stereocenters. The van der Waals surface area contributed by atoms with Gasteiger partial charge < -0.3 is 14.6 Å². The maximum Gasteiger partial charge on any atom is 0.413 e. The number of hydrogen-bond acceptors (Lipinski definition) is 4. The van der Waals surface area contributed by atoms with E-state index >= 15 is 0 Å². The Kier molecular flexibility index (Phi) is 3.95. The fourth-order valence-electron chi connectivity index (χ4n) is 2.94. The highest BCUT2D eigenvalue weighted by Gasteiger charge is 2.54. The van der Waals surface area contributed by atoms with Crippen molar-refractivity contribution in [1.82, 2.24) is 4.90 Å².